The lowest BCUT2D eigenvalue weighted by molar-refractivity contribution is -0.128. The first kappa shape index (κ1) is 8.72. The van der Waals surface area contributed by atoms with E-state index >= 15 is 0 Å². The fraction of sp³-hybridized carbons (Fsp3) is 0.444. The lowest BCUT2D eigenvalue weighted by atomic mass is 10.1. The number of carbonyl (C=O) groups excluding carboxylic acids is 1. The van der Waals surface area contributed by atoms with E-state index < -0.39 is 0 Å². The molecule has 2 N–H and O–H groups in total. The molecular formula is C9H12N2OS. The number of hydrogen-bond donors (Lipinski definition) is 1. The zero-order valence-electron chi connectivity index (χ0n) is 7.43. The Morgan fingerprint density at radius 1 is 1.69 bits per heavy atom. The maximum atomic E-state index is 11.4. The molecule has 1 aromatic rings. The van der Waals surface area contributed by atoms with Gasteiger partial charge in [0.15, 0.2) is 0 Å². The SMILES string of the molecule is CN1C(=O)[C@@H](N)C[C@H]1c1cccs1. The van der Waals surface area contributed by atoms with Crippen LogP contribution in [0.1, 0.15) is 17.3 Å². The minimum atomic E-state index is -0.308. The monoisotopic (exact) mass is 196 g/mol. The van der Waals surface area contributed by atoms with E-state index in [4.69, 9.17) is 5.73 Å². The van der Waals surface area contributed by atoms with Gasteiger partial charge in [0.05, 0.1) is 12.1 Å². The number of carbonyl (C=O) groups is 1. The van der Waals surface area contributed by atoms with Crippen molar-refractivity contribution in [2.75, 3.05) is 7.05 Å². The van der Waals surface area contributed by atoms with E-state index in [0.29, 0.717) is 0 Å². The second-order valence-corrected chi connectivity index (χ2v) is 4.30. The number of hydrogen-bond acceptors (Lipinski definition) is 3. The summed E-state index contributed by atoms with van der Waals surface area (Å²) in [6, 6.07) is 3.94. The maximum Gasteiger partial charge on any atom is 0.239 e. The molecule has 0 aromatic carbocycles. The van der Waals surface area contributed by atoms with Crippen molar-refractivity contribution in [1.82, 2.24) is 4.90 Å². The molecule has 2 rings (SSSR count). The zero-order chi connectivity index (χ0) is 9.42. The number of likely N-dealkylation sites (N-methyl/N-ethyl adjacent to an activating group) is 1. The Labute approximate surface area is 81.2 Å². The van der Waals surface area contributed by atoms with Crippen LogP contribution < -0.4 is 5.73 Å². The van der Waals surface area contributed by atoms with E-state index in [9.17, 15) is 4.79 Å². The van der Waals surface area contributed by atoms with Crippen LogP contribution in [0.15, 0.2) is 17.5 Å². The van der Waals surface area contributed by atoms with Crippen molar-refractivity contribution in [2.45, 2.75) is 18.5 Å². The molecule has 3 nitrogen and oxygen atoms in total. The predicted molar refractivity (Wildman–Crippen MR) is 52.4 cm³/mol. The Kier molecular flexibility index (Phi) is 2.09. The molecule has 0 saturated carbocycles. The van der Waals surface area contributed by atoms with Gasteiger partial charge in [0.25, 0.3) is 0 Å². The van der Waals surface area contributed by atoms with Crippen molar-refractivity contribution >= 4 is 17.2 Å². The molecule has 2 heterocycles. The standard InChI is InChI=1S/C9H12N2OS/c1-11-7(5-6(10)9(11)12)8-3-2-4-13-8/h2-4,6-7H,5,10H2,1H3/t6-,7-/m0/s1. The molecule has 2 atom stereocenters. The van der Waals surface area contributed by atoms with Crippen LogP contribution >= 0.6 is 11.3 Å². The molecule has 0 unspecified atom stereocenters. The van der Waals surface area contributed by atoms with Crippen molar-refractivity contribution in [3.8, 4) is 0 Å². The summed E-state index contributed by atoms with van der Waals surface area (Å²) >= 11 is 1.68. The van der Waals surface area contributed by atoms with Crippen LogP contribution in [-0.2, 0) is 4.79 Å². The summed E-state index contributed by atoms with van der Waals surface area (Å²) in [5.41, 5.74) is 5.68. The smallest absolute Gasteiger partial charge is 0.239 e. The molecule has 1 aliphatic rings. The first-order valence-electron chi connectivity index (χ1n) is 4.26. The number of nitrogens with zero attached hydrogens (tertiary/aromatic N) is 1. The van der Waals surface area contributed by atoms with E-state index in [2.05, 4.69) is 6.07 Å². The van der Waals surface area contributed by atoms with Crippen LogP contribution in [-0.4, -0.2) is 23.9 Å². The molecule has 0 spiro atoms. The zero-order valence-corrected chi connectivity index (χ0v) is 8.25. The molecule has 1 aliphatic heterocycles. The third kappa shape index (κ3) is 1.36. The maximum absolute atomic E-state index is 11.4. The van der Waals surface area contributed by atoms with Gasteiger partial charge in [0.2, 0.25) is 5.91 Å². The summed E-state index contributed by atoms with van der Waals surface area (Å²) in [5.74, 6) is 0.0541. The van der Waals surface area contributed by atoms with Gasteiger partial charge in [-0.25, -0.2) is 0 Å². The molecule has 1 aromatic heterocycles. The normalized spacial score (nSPS) is 28.5. The topological polar surface area (TPSA) is 46.3 Å². The van der Waals surface area contributed by atoms with E-state index in [-0.39, 0.29) is 18.0 Å². The van der Waals surface area contributed by atoms with Crippen molar-refractivity contribution in [3.05, 3.63) is 22.4 Å². The van der Waals surface area contributed by atoms with Gasteiger partial charge < -0.3 is 10.6 Å². The minimum Gasteiger partial charge on any atom is -0.336 e. The van der Waals surface area contributed by atoms with E-state index in [1.165, 1.54) is 4.88 Å². The Hall–Kier alpha value is -0.870. The number of likely N-dealkylation sites (tertiary alicyclic amines) is 1. The van der Waals surface area contributed by atoms with Gasteiger partial charge in [-0.1, -0.05) is 6.07 Å². The van der Waals surface area contributed by atoms with Crippen molar-refractivity contribution in [3.63, 3.8) is 0 Å². The molecule has 0 radical (unpaired) electrons. The van der Waals surface area contributed by atoms with Crippen LogP contribution in [0, 0.1) is 0 Å². The fourth-order valence-corrected chi connectivity index (χ4v) is 2.59. The summed E-state index contributed by atoms with van der Waals surface area (Å²) in [6.07, 6.45) is 0.746. The van der Waals surface area contributed by atoms with Gasteiger partial charge in [-0.2, -0.15) is 0 Å². The van der Waals surface area contributed by atoms with Gasteiger partial charge in [0.1, 0.15) is 0 Å². The van der Waals surface area contributed by atoms with Crippen LogP contribution in [0.2, 0.25) is 0 Å². The highest BCUT2D eigenvalue weighted by Crippen LogP contribution is 2.33. The fourth-order valence-electron chi connectivity index (χ4n) is 1.70. The van der Waals surface area contributed by atoms with Gasteiger partial charge in [-0.05, 0) is 17.9 Å². The summed E-state index contributed by atoms with van der Waals surface area (Å²) in [5, 5.41) is 2.03. The first-order chi connectivity index (χ1) is 6.20. The Balaban J connectivity index is 2.23. The van der Waals surface area contributed by atoms with Gasteiger partial charge in [-0.15, -0.1) is 11.3 Å². The third-order valence-electron chi connectivity index (χ3n) is 2.48. The average Bonchev–Trinajstić information content (AvgIpc) is 2.70. The van der Waals surface area contributed by atoms with Gasteiger partial charge in [-0.3, -0.25) is 4.79 Å². The molecule has 1 fully saturated rings. The highest BCUT2D eigenvalue weighted by molar-refractivity contribution is 7.10. The van der Waals surface area contributed by atoms with Crippen molar-refractivity contribution in [1.29, 1.82) is 0 Å². The molecule has 1 saturated heterocycles. The van der Waals surface area contributed by atoms with E-state index in [1.54, 1.807) is 16.2 Å². The molecular weight excluding hydrogens is 184 g/mol. The minimum absolute atomic E-state index is 0.0541. The van der Waals surface area contributed by atoms with E-state index in [0.717, 1.165) is 6.42 Å². The number of thiophene rings is 1. The lowest BCUT2D eigenvalue weighted by Gasteiger charge is -2.17. The highest BCUT2D eigenvalue weighted by Gasteiger charge is 2.35. The largest absolute Gasteiger partial charge is 0.336 e. The summed E-state index contributed by atoms with van der Waals surface area (Å²) in [6.45, 7) is 0. The summed E-state index contributed by atoms with van der Waals surface area (Å²) in [7, 11) is 1.82. The Bertz CT molecular complexity index is 309. The number of nitrogens with two attached hydrogens (primary N) is 1. The molecule has 0 bridgehead atoms. The molecule has 1 amide bonds. The van der Waals surface area contributed by atoms with Gasteiger partial charge >= 0.3 is 0 Å². The van der Waals surface area contributed by atoms with Crippen LogP contribution in [0.5, 0.6) is 0 Å². The van der Waals surface area contributed by atoms with E-state index in [1.807, 2.05) is 18.5 Å². The molecule has 4 heteroatoms. The lowest BCUT2D eigenvalue weighted by Crippen LogP contribution is -2.31. The van der Waals surface area contributed by atoms with Crippen LogP contribution in [0.25, 0.3) is 0 Å². The van der Waals surface area contributed by atoms with Crippen LogP contribution in [0.4, 0.5) is 0 Å². The third-order valence-corrected chi connectivity index (χ3v) is 3.45. The quantitative estimate of drug-likeness (QED) is 0.727. The summed E-state index contributed by atoms with van der Waals surface area (Å²) in [4.78, 5) is 14.4. The van der Waals surface area contributed by atoms with Crippen molar-refractivity contribution < 1.29 is 4.79 Å². The highest BCUT2D eigenvalue weighted by atomic mass is 32.1. The molecule has 13 heavy (non-hydrogen) atoms. The second-order valence-electron chi connectivity index (χ2n) is 3.32. The average molecular weight is 196 g/mol. The van der Waals surface area contributed by atoms with Crippen molar-refractivity contribution in [2.24, 2.45) is 5.73 Å². The Morgan fingerprint density at radius 2 is 2.46 bits per heavy atom. The van der Waals surface area contributed by atoms with Gasteiger partial charge in [0, 0.05) is 11.9 Å². The molecule has 70 valence electrons. The number of rotatable bonds is 1. The first-order valence-corrected chi connectivity index (χ1v) is 5.14. The number of amides is 1. The van der Waals surface area contributed by atoms with Crippen LogP contribution in [0.3, 0.4) is 0 Å². The summed E-state index contributed by atoms with van der Waals surface area (Å²) < 4.78 is 0. The second kappa shape index (κ2) is 3.12. The Morgan fingerprint density at radius 3 is 2.92 bits per heavy atom. The predicted octanol–water partition coefficient (Wildman–Crippen LogP) is 0.979. The molecule has 0 aliphatic carbocycles.